The summed E-state index contributed by atoms with van der Waals surface area (Å²) in [4.78, 5) is 10.2. The van der Waals surface area contributed by atoms with Crippen molar-refractivity contribution in [3.63, 3.8) is 0 Å². The van der Waals surface area contributed by atoms with Crippen LogP contribution < -0.4 is 0 Å². The Hall–Kier alpha value is -1.64. The molecule has 0 aliphatic heterocycles. The molecular weight excluding hydrogens is 142 g/mol. The minimum absolute atomic E-state index is 0.237. The first-order chi connectivity index (χ1) is 5.42. The zero-order valence-corrected chi connectivity index (χ0v) is 5.57. The Morgan fingerprint density at radius 2 is 2.18 bits per heavy atom. The summed E-state index contributed by atoms with van der Waals surface area (Å²) in [7, 11) is 0. The maximum Gasteiger partial charge on any atom is 0.257 e. The van der Waals surface area contributed by atoms with Gasteiger partial charge in [-0.05, 0) is 12.1 Å². The van der Waals surface area contributed by atoms with Crippen LogP contribution in [-0.2, 0) is 4.79 Å². The van der Waals surface area contributed by atoms with Gasteiger partial charge in [0.1, 0.15) is 0 Å². The number of para-hydroxylation sites is 1. The van der Waals surface area contributed by atoms with Gasteiger partial charge in [0.05, 0.1) is 5.39 Å². The van der Waals surface area contributed by atoms with Gasteiger partial charge < -0.3 is 4.52 Å². The normalized spacial score (nSPS) is 10.2. The molecule has 53 valence electrons. The second-order valence-electron chi connectivity index (χ2n) is 2.13. The van der Waals surface area contributed by atoms with Crippen LogP contribution in [0.3, 0.4) is 0 Å². The Morgan fingerprint density at radius 1 is 1.36 bits per heavy atom. The van der Waals surface area contributed by atoms with Gasteiger partial charge in [-0.3, -0.25) is 4.79 Å². The summed E-state index contributed by atoms with van der Waals surface area (Å²) in [6.45, 7) is 0. The van der Waals surface area contributed by atoms with E-state index in [4.69, 9.17) is 4.52 Å². The predicted octanol–water partition coefficient (Wildman–Crippen LogP) is 1.29. The lowest BCUT2D eigenvalue weighted by atomic mass is 10.2. The third-order valence-corrected chi connectivity index (χ3v) is 1.47. The van der Waals surface area contributed by atoms with E-state index in [1.165, 1.54) is 0 Å². The number of fused-ring (bicyclic) bond motifs is 1. The average molecular weight is 146 g/mol. The molecule has 0 spiro atoms. The van der Waals surface area contributed by atoms with Gasteiger partial charge in [-0.1, -0.05) is 17.3 Å². The fourth-order valence-corrected chi connectivity index (χ4v) is 0.959. The molecule has 0 aliphatic rings. The molecule has 0 saturated carbocycles. The first-order valence-electron chi connectivity index (χ1n) is 3.14. The largest absolute Gasteiger partial charge is 0.356 e. The lowest BCUT2D eigenvalue weighted by Gasteiger charge is -1.81. The van der Waals surface area contributed by atoms with Crippen molar-refractivity contribution in [3.8, 4) is 0 Å². The molecule has 1 aromatic heterocycles. The molecular formula is C8H4NO2. The Balaban J connectivity index is 2.86. The third-order valence-electron chi connectivity index (χ3n) is 1.47. The minimum Gasteiger partial charge on any atom is -0.356 e. The second-order valence-corrected chi connectivity index (χ2v) is 2.13. The maximum atomic E-state index is 10.2. The van der Waals surface area contributed by atoms with Crippen LogP contribution in [0.15, 0.2) is 28.8 Å². The average Bonchev–Trinajstić information content (AvgIpc) is 2.47. The SMILES string of the molecule is O=[C]c1noc2ccccc12. The van der Waals surface area contributed by atoms with E-state index in [1.54, 1.807) is 18.4 Å². The zero-order chi connectivity index (χ0) is 7.68. The van der Waals surface area contributed by atoms with Crippen LogP contribution in [0, 0.1) is 0 Å². The van der Waals surface area contributed by atoms with Crippen molar-refractivity contribution in [1.29, 1.82) is 0 Å². The van der Waals surface area contributed by atoms with Crippen molar-refractivity contribution in [3.05, 3.63) is 30.0 Å². The summed E-state index contributed by atoms with van der Waals surface area (Å²) < 4.78 is 4.83. The first kappa shape index (κ1) is 6.09. The predicted molar refractivity (Wildman–Crippen MR) is 38.8 cm³/mol. The van der Waals surface area contributed by atoms with Crippen LogP contribution in [0.25, 0.3) is 11.0 Å². The maximum absolute atomic E-state index is 10.2. The van der Waals surface area contributed by atoms with Crippen LogP contribution >= 0.6 is 0 Å². The molecule has 1 radical (unpaired) electrons. The van der Waals surface area contributed by atoms with Crippen molar-refractivity contribution in [2.24, 2.45) is 0 Å². The van der Waals surface area contributed by atoms with Crippen LogP contribution in [-0.4, -0.2) is 11.4 Å². The van der Waals surface area contributed by atoms with E-state index in [1.807, 2.05) is 12.1 Å². The lowest BCUT2D eigenvalue weighted by molar-refractivity contribution is 0.452. The van der Waals surface area contributed by atoms with Crippen molar-refractivity contribution in [2.75, 3.05) is 0 Å². The van der Waals surface area contributed by atoms with Crippen molar-refractivity contribution in [1.82, 2.24) is 5.16 Å². The molecule has 0 aliphatic carbocycles. The minimum atomic E-state index is 0.237. The van der Waals surface area contributed by atoms with Crippen molar-refractivity contribution < 1.29 is 9.32 Å². The van der Waals surface area contributed by atoms with Gasteiger partial charge >= 0.3 is 0 Å². The van der Waals surface area contributed by atoms with E-state index in [2.05, 4.69) is 5.16 Å². The monoisotopic (exact) mass is 146 g/mol. The number of nitrogens with zero attached hydrogens (tertiary/aromatic N) is 1. The quantitative estimate of drug-likeness (QED) is 0.608. The van der Waals surface area contributed by atoms with Gasteiger partial charge in [0.15, 0.2) is 11.3 Å². The van der Waals surface area contributed by atoms with Gasteiger partial charge in [0.2, 0.25) is 0 Å². The molecule has 1 heterocycles. The Morgan fingerprint density at radius 3 is 3.00 bits per heavy atom. The molecule has 3 nitrogen and oxygen atoms in total. The van der Waals surface area contributed by atoms with Gasteiger partial charge in [-0.2, -0.15) is 0 Å². The van der Waals surface area contributed by atoms with Crippen molar-refractivity contribution in [2.45, 2.75) is 0 Å². The molecule has 0 amide bonds. The molecule has 2 rings (SSSR count). The third kappa shape index (κ3) is 0.816. The number of rotatable bonds is 1. The summed E-state index contributed by atoms with van der Waals surface area (Å²) in [5, 5.41) is 4.23. The number of hydrogen-bond donors (Lipinski definition) is 0. The Bertz CT molecular complexity index is 392. The highest BCUT2D eigenvalue weighted by molar-refractivity contribution is 5.93. The number of benzene rings is 1. The highest BCUT2D eigenvalue weighted by Crippen LogP contribution is 2.15. The summed E-state index contributed by atoms with van der Waals surface area (Å²) in [6.07, 6.45) is 1.70. The second kappa shape index (κ2) is 2.20. The fraction of sp³-hybridized carbons (Fsp3) is 0. The fourth-order valence-electron chi connectivity index (χ4n) is 0.959. The molecule has 1 aromatic carbocycles. The molecule has 3 heteroatoms. The smallest absolute Gasteiger partial charge is 0.257 e. The van der Waals surface area contributed by atoms with E-state index < -0.39 is 0 Å². The van der Waals surface area contributed by atoms with E-state index in [0.717, 1.165) is 0 Å². The number of hydrogen-bond acceptors (Lipinski definition) is 3. The molecule has 0 atom stereocenters. The summed E-state index contributed by atoms with van der Waals surface area (Å²) >= 11 is 0. The Labute approximate surface area is 62.6 Å². The summed E-state index contributed by atoms with van der Waals surface area (Å²) in [5.74, 6) is 0. The van der Waals surface area contributed by atoms with E-state index in [-0.39, 0.29) is 5.69 Å². The molecule has 2 aromatic rings. The van der Waals surface area contributed by atoms with Crippen molar-refractivity contribution >= 4 is 17.3 Å². The summed E-state index contributed by atoms with van der Waals surface area (Å²) in [5.41, 5.74) is 0.853. The molecule has 0 saturated heterocycles. The molecule has 0 bridgehead atoms. The van der Waals surface area contributed by atoms with E-state index in [0.29, 0.717) is 11.0 Å². The van der Waals surface area contributed by atoms with Gasteiger partial charge in [-0.25, -0.2) is 0 Å². The van der Waals surface area contributed by atoms with Crippen LogP contribution in [0.2, 0.25) is 0 Å². The molecule has 0 N–H and O–H groups in total. The molecule has 0 unspecified atom stereocenters. The zero-order valence-electron chi connectivity index (χ0n) is 5.57. The van der Waals surface area contributed by atoms with E-state index >= 15 is 0 Å². The highest BCUT2D eigenvalue weighted by atomic mass is 16.5. The van der Waals surface area contributed by atoms with Gasteiger partial charge in [0.25, 0.3) is 6.29 Å². The molecule has 11 heavy (non-hydrogen) atoms. The topological polar surface area (TPSA) is 43.1 Å². The number of carbonyl (C=O) groups excluding carboxylic acids is 1. The van der Waals surface area contributed by atoms with E-state index in [9.17, 15) is 4.79 Å². The van der Waals surface area contributed by atoms with Gasteiger partial charge in [0, 0.05) is 0 Å². The Kier molecular flexibility index (Phi) is 1.22. The standard InChI is InChI=1S/C8H4NO2/c10-5-7-6-3-1-2-4-8(6)11-9-7/h1-4H. The van der Waals surface area contributed by atoms with Crippen LogP contribution in [0.4, 0.5) is 0 Å². The first-order valence-corrected chi connectivity index (χ1v) is 3.14. The lowest BCUT2D eigenvalue weighted by Crippen LogP contribution is -1.77. The molecule has 0 fully saturated rings. The number of aromatic nitrogens is 1. The van der Waals surface area contributed by atoms with Crippen LogP contribution in [0.5, 0.6) is 0 Å². The van der Waals surface area contributed by atoms with Gasteiger partial charge in [-0.15, -0.1) is 0 Å². The highest BCUT2D eigenvalue weighted by Gasteiger charge is 2.04. The summed E-state index contributed by atoms with van der Waals surface area (Å²) in [6, 6.07) is 7.16. The van der Waals surface area contributed by atoms with Crippen LogP contribution in [0.1, 0.15) is 5.69 Å².